The minimum atomic E-state index is 0.419. The summed E-state index contributed by atoms with van der Waals surface area (Å²) in [5.41, 5.74) is 10.6. The number of rotatable bonds is 6. The zero-order valence-electron chi connectivity index (χ0n) is 14.4. The van der Waals surface area contributed by atoms with Crippen LogP contribution < -0.4 is 11.1 Å². The van der Waals surface area contributed by atoms with Crippen molar-refractivity contribution >= 4 is 11.6 Å². The van der Waals surface area contributed by atoms with Gasteiger partial charge in [0.25, 0.3) is 0 Å². The molecule has 0 bridgehead atoms. The first-order chi connectivity index (χ1) is 12.2. The van der Waals surface area contributed by atoms with Crippen LogP contribution in [0.25, 0.3) is 0 Å². The third-order valence-corrected chi connectivity index (χ3v) is 4.04. The van der Waals surface area contributed by atoms with E-state index in [9.17, 15) is 0 Å². The van der Waals surface area contributed by atoms with E-state index in [1.54, 1.807) is 6.20 Å². The molecule has 0 saturated carbocycles. The van der Waals surface area contributed by atoms with E-state index in [0.717, 1.165) is 24.2 Å². The zero-order valence-corrected chi connectivity index (χ0v) is 14.4. The van der Waals surface area contributed by atoms with Gasteiger partial charge in [0.1, 0.15) is 0 Å². The molecule has 0 unspecified atom stereocenters. The number of anilines is 1. The van der Waals surface area contributed by atoms with Gasteiger partial charge >= 0.3 is 0 Å². The maximum absolute atomic E-state index is 6.05. The van der Waals surface area contributed by atoms with E-state index < -0.39 is 0 Å². The van der Waals surface area contributed by atoms with Gasteiger partial charge in [0.15, 0.2) is 5.96 Å². The van der Waals surface area contributed by atoms with Crippen molar-refractivity contribution in [1.29, 1.82) is 0 Å². The Labute approximate surface area is 148 Å². The average Bonchev–Trinajstić information content (AvgIpc) is 3.14. The van der Waals surface area contributed by atoms with Gasteiger partial charge in [0, 0.05) is 18.1 Å². The van der Waals surface area contributed by atoms with Crippen molar-refractivity contribution < 1.29 is 0 Å². The van der Waals surface area contributed by atoms with E-state index in [1.165, 1.54) is 11.1 Å². The lowest BCUT2D eigenvalue weighted by Gasteiger charge is -2.10. The van der Waals surface area contributed by atoms with Crippen LogP contribution in [0.3, 0.4) is 0 Å². The average molecular weight is 333 g/mol. The monoisotopic (exact) mass is 333 g/mol. The number of nitrogens with zero attached hydrogens (tertiary/aromatic N) is 3. The Morgan fingerprint density at radius 1 is 1.12 bits per heavy atom. The lowest BCUT2D eigenvalue weighted by Crippen LogP contribution is -2.22. The topological polar surface area (TPSA) is 68.2 Å². The fourth-order valence-corrected chi connectivity index (χ4v) is 2.66. The Bertz CT molecular complexity index is 837. The van der Waals surface area contributed by atoms with Crippen LogP contribution in [-0.4, -0.2) is 15.7 Å². The predicted octanol–water partition coefficient (Wildman–Crippen LogP) is 3.42. The second-order valence-corrected chi connectivity index (χ2v) is 5.85. The van der Waals surface area contributed by atoms with Crippen molar-refractivity contribution in [3.63, 3.8) is 0 Å². The van der Waals surface area contributed by atoms with Gasteiger partial charge in [-0.1, -0.05) is 43.3 Å². The van der Waals surface area contributed by atoms with Crippen LogP contribution in [-0.2, 0) is 19.5 Å². The first kappa shape index (κ1) is 16.8. The number of hydrogen-bond acceptors (Lipinski definition) is 2. The quantitative estimate of drug-likeness (QED) is 0.536. The van der Waals surface area contributed by atoms with Crippen LogP contribution in [0.1, 0.15) is 23.6 Å². The summed E-state index contributed by atoms with van der Waals surface area (Å²) in [5.74, 6) is 0.419. The van der Waals surface area contributed by atoms with Crippen molar-refractivity contribution in [3.05, 3.63) is 83.7 Å². The van der Waals surface area contributed by atoms with Gasteiger partial charge in [-0.15, -0.1) is 0 Å². The van der Waals surface area contributed by atoms with Crippen LogP contribution in [0.4, 0.5) is 5.69 Å². The van der Waals surface area contributed by atoms with E-state index in [2.05, 4.69) is 46.6 Å². The van der Waals surface area contributed by atoms with Crippen molar-refractivity contribution in [2.24, 2.45) is 10.7 Å². The number of nitrogens with one attached hydrogen (secondary N) is 1. The lowest BCUT2D eigenvalue weighted by atomic mass is 10.1. The molecule has 128 valence electrons. The first-order valence-electron chi connectivity index (χ1n) is 8.44. The number of aryl methyl sites for hydroxylation is 1. The molecule has 1 aromatic heterocycles. The summed E-state index contributed by atoms with van der Waals surface area (Å²) in [4.78, 5) is 4.49. The SMILES string of the molecule is CCc1cccc(NC(N)=NCc2ccccc2Cn2cccn2)c1. The normalized spacial score (nSPS) is 11.5. The summed E-state index contributed by atoms with van der Waals surface area (Å²) in [6.07, 6.45) is 4.73. The Hall–Kier alpha value is -3.08. The van der Waals surface area contributed by atoms with Gasteiger partial charge in [-0.3, -0.25) is 4.68 Å². The molecule has 0 aliphatic heterocycles. The minimum absolute atomic E-state index is 0.419. The fraction of sp³-hybridized carbons (Fsp3) is 0.200. The molecule has 3 N–H and O–H groups in total. The fourth-order valence-electron chi connectivity index (χ4n) is 2.66. The molecule has 0 atom stereocenters. The van der Waals surface area contributed by atoms with Crippen LogP contribution in [0.15, 0.2) is 72.0 Å². The van der Waals surface area contributed by atoms with Crippen molar-refractivity contribution in [2.45, 2.75) is 26.4 Å². The van der Waals surface area contributed by atoms with Crippen LogP contribution >= 0.6 is 0 Å². The minimum Gasteiger partial charge on any atom is -0.370 e. The number of nitrogens with two attached hydrogens (primary N) is 1. The van der Waals surface area contributed by atoms with Crippen molar-refractivity contribution in [1.82, 2.24) is 9.78 Å². The third-order valence-electron chi connectivity index (χ3n) is 4.04. The molecule has 0 amide bonds. The van der Waals surface area contributed by atoms with Crippen molar-refractivity contribution in [3.8, 4) is 0 Å². The molecule has 0 aliphatic carbocycles. The van der Waals surface area contributed by atoms with E-state index in [-0.39, 0.29) is 0 Å². The van der Waals surface area contributed by atoms with E-state index >= 15 is 0 Å². The van der Waals surface area contributed by atoms with E-state index in [0.29, 0.717) is 12.5 Å². The van der Waals surface area contributed by atoms with Gasteiger partial charge < -0.3 is 11.1 Å². The Balaban J connectivity index is 1.68. The molecule has 2 aromatic carbocycles. The van der Waals surface area contributed by atoms with Gasteiger partial charge in [-0.05, 0) is 41.3 Å². The number of aromatic nitrogens is 2. The van der Waals surface area contributed by atoms with Gasteiger partial charge in [0.05, 0.1) is 13.1 Å². The summed E-state index contributed by atoms with van der Waals surface area (Å²) in [7, 11) is 0. The molecule has 5 heteroatoms. The standard InChI is InChI=1S/C20H23N5/c1-2-16-7-5-10-19(13-16)24-20(21)22-14-17-8-3-4-9-18(17)15-25-12-6-11-23-25/h3-13H,2,14-15H2,1H3,(H3,21,22,24). The largest absolute Gasteiger partial charge is 0.370 e. The second kappa shape index (κ2) is 8.15. The van der Waals surface area contributed by atoms with Gasteiger partial charge in [-0.25, -0.2) is 4.99 Å². The highest BCUT2D eigenvalue weighted by atomic mass is 15.3. The van der Waals surface area contributed by atoms with Crippen LogP contribution in [0.2, 0.25) is 0 Å². The molecule has 0 spiro atoms. The molecule has 3 aromatic rings. The summed E-state index contributed by atoms with van der Waals surface area (Å²) in [6.45, 7) is 3.39. The molecule has 0 aliphatic rings. The molecule has 0 fully saturated rings. The third kappa shape index (κ3) is 4.70. The van der Waals surface area contributed by atoms with E-state index in [1.807, 2.05) is 41.2 Å². The number of benzene rings is 2. The molecule has 0 radical (unpaired) electrons. The highest BCUT2D eigenvalue weighted by Crippen LogP contribution is 2.13. The van der Waals surface area contributed by atoms with Crippen LogP contribution in [0.5, 0.6) is 0 Å². The lowest BCUT2D eigenvalue weighted by molar-refractivity contribution is 0.681. The zero-order chi connectivity index (χ0) is 17.5. The van der Waals surface area contributed by atoms with Crippen molar-refractivity contribution in [2.75, 3.05) is 5.32 Å². The number of guanidine groups is 1. The molecule has 25 heavy (non-hydrogen) atoms. The molecular weight excluding hydrogens is 310 g/mol. The molecule has 0 saturated heterocycles. The summed E-state index contributed by atoms with van der Waals surface area (Å²) >= 11 is 0. The van der Waals surface area contributed by atoms with Gasteiger partial charge in [0.2, 0.25) is 0 Å². The summed E-state index contributed by atoms with van der Waals surface area (Å²) < 4.78 is 1.90. The summed E-state index contributed by atoms with van der Waals surface area (Å²) in [5, 5.41) is 7.43. The highest BCUT2D eigenvalue weighted by Gasteiger charge is 2.03. The Morgan fingerprint density at radius 3 is 2.72 bits per heavy atom. The molecule has 5 nitrogen and oxygen atoms in total. The van der Waals surface area contributed by atoms with Gasteiger partial charge in [-0.2, -0.15) is 5.10 Å². The maximum Gasteiger partial charge on any atom is 0.193 e. The highest BCUT2D eigenvalue weighted by molar-refractivity contribution is 5.92. The molecular formula is C20H23N5. The predicted molar refractivity (Wildman–Crippen MR) is 103 cm³/mol. The molecule has 3 rings (SSSR count). The number of hydrogen-bond donors (Lipinski definition) is 2. The van der Waals surface area contributed by atoms with E-state index in [4.69, 9.17) is 5.73 Å². The Morgan fingerprint density at radius 2 is 1.96 bits per heavy atom. The smallest absolute Gasteiger partial charge is 0.193 e. The van der Waals surface area contributed by atoms with Crippen LogP contribution in [0, 0.1) is 0 Å². The summed E-state index contributed by atoms with van der Waals surface area (Å²) in [6, 6.07) is 18.4. The Kier molecular flexibility index (Phi) is 5.46. The molecule has 1 heterocycles. The second-order valence-electron chi connectivity index (χ2n) is 5.85. The maximum atomic E-state index is 6.05. The first-order valence-corrected chi connectivity index (χ1v) is 8.44. The number of aliphatic imine (C=N–C) groups is 1.